The molecular weight excluding hydrogens is 414 g/mol. The molecule has 1 saturated heterocycles. The molecule has 2 heterocycles. The number of hydrogen-bond acceptors (Lipinski definition) is 4. The molecule has 1 amide bonds. The lowest BCUT2D eigenvalue weighted by atomic mass is 9.96. The highest BCUT2D eigenvalue weighted by molar-refractivity contribution is 5.95. The number of likely N-dealkylation sites (tertiary alicyclic amines) is 1. The van der Waals surface area contributed by atoms with E-state index < -0.39 is 5.91 Å². The van der Waals surface area contributed by atoms with Gasteiger partial charge in [0.05, 0.1) is 5.57 Å². The highest BCUT2D eigenvalue weighted by Crippen LogP contribution is 2.22. The van der Waals surface area contributed by atoms with E-state index in [2.05, 4.69) is 63.7 Å². The van der Waals surface area contributed by atoms with Crippen LogP contribution in [0.1, 0.15) is 45.1 Å². The van der Waals surface area contributed by atoms with Crippen molar-refractivity contribution in [2.75, 3.05) is 19.6 Å². The molecule has 0 unspecified atom stereocenters. The number of fused-ring (bicyclic) bond motifs is 1. The Kier molecular flexibility index (Phi) is 9.27. The maximum absolute atomic E-state index is 11.5. The first-order chi connectivity index (χ1) is 16.1. The van der Waals surface area contributed by atoms with Crippen molar-refractivity contribution in [1.82, 2.24) is 20.3 Å². The van der Waals surface area contributed by atoms with Crippen LogP contribution in [0.4, 0.5) is 0 Å². The average molecular weight is 452 g/mol. The van der Waals surface area contributed by atoms with Crippen LogP contribution in [0.2, 0.25) is 0 Å². The minimum absolute atomic E-state index is 0.229. The van der Waals surface area contributed by atoms with E-state index in [1.165, 1.54) is 41.6 Å². The number of unbranched alkanes of at least 4 members (excludes halogenated alkanes) is 1. The number of nitrogens with zero attached hydrogens (tertiary/aromatic N) is 3. The molecule has 1 fully saturated rings. The number of para-hydroxylation sites is 1. The average Bonchev–Trinajstić information content (AvgIpc) is 3.20. The van der Waals surface area contributed by atoms with Crippen LogP contribution >= 0.6 is 0 Å². The Balaban J connectivity index is 1.49. The molecule has 0 saturated carbocycles. The minimum Gasteiger partial charge on any atom is -0.360 e. The van der Waals surface area contributed by atoms with Gasteiger partial charge in [-0.15, -0.1) is 0 Å². The normalized spacial score (nSPS) is 15.8. The van der Waals surface area contributed by atoms with Crippen molar-refractivity contribution >= 4 is 22.6 Å². The number of carbonyl (C=O) groups excluding carboxylic acids is 1. The van der Waals surface area contributed by atoms with Crippen molar-refractivity contribution in [2.24, 2.45) is 10.9 Å². The summed E-state index contributed by atoms with van der Waals surface area (Å²) in [5.74, 6) is 0.896. The molecule has 33 heavy (non-hydrogen) atoms. The molecule has 2 aromatic rings. The number of rotatable bonds is 10. The molecule has 3 rings (SSSR count). The molecule has 1 aliphatic rings. The fourth-order valence-corrected chi connectivity index (χ4v) is 4.36. The van der Waals surface area contributed by atoms with Crippen LogP contribution in [0, 0.1) is 5.92 Å². The van der Waals surface area contributed by atoms with Gasteiger partial charge in [-0.05, 0) is 50.3 Å². The molecule has 1 aromatic heterocycles. The Labute approximate surface area is 196 Å². The van der Waals surface area contributed by atoms with E-state index in [9.17, 15) is 4.79 Å². The van der Waals surface area contributed by atoms with E-state index in [4.69, 9.17) is 5.21 Å². The van der Waals surface area contributed by atoms with Crippen molar-refractivity contribution in [3.63, 3.8) is 0 Å². The van der Waals surface area contributed by atoms with E-state index in [0.717, 1.165) is 51.4 Å². The third kappa shape index (κ3) is 6.55. The Bertz CT molecular complexity index is 999. The minimum atomic E-state index is -0.611. The fourth-order valence-electron chi connectivity index (χ4n) is 4.36. The SMILES string of the molecule is C=C/C(=C\N=C(/C)N1CCC(CNCc2cn(CCCC)c3ccccc23)CC1)C(=O)NO. The number of nitrogens with one attached hydrogen (secondary N) is 2. The van der Waals surface area contributed by atoms with Crippen LogP contribution in [0.5, 0.6) is 0 Å². The van der Waals surface area contributed by atoms with E-state index >= 15 is 0 Å². The first-order valence-corrected chi connectivity index (χ1v) is 11.9. The third-order valence-corrected chi connectivity index (χ3v) is 6.42. The van der Waals surface area contributed by atoms with Crippen molar-refractivity contribution in [2.45, 2.75) is 52.6 Å². The summed E-state index contributed by atoms with van der Waals surface area (Å²) in [5, 5.41) is 13.8. The summed E-state index contributed by atoms with van der Waals surface area (Å²) in [6.07, 6.45) is 9.75. The predicted octanol–water partition coefficient (Wildman–Crippen LogP) is 4.24. The second-order valence-electron chi connectivity index (χ2n) is 8.69. The second kappa shape index (κ2) is 12.4. The third-order valence-electron chi connectivity index (χ3n) is 6.42. The largest absolute Gasteiger partial charge is 0.360 e. The second-order valence-corrected chi connectivity index (χ2v) is 8.69. The zero-order chi connectivity index (χ0) is 23.6. The van der Waals surface area contributed by atoms with Crippen LogP contribution < -0.4 is 10.8 Å². The van der Waals surface area contributed by atoms with Gasteiger partial charge in [-0.2, -0.15) is 0 Å². The highest BCUT2D eigenvalue weighted by atomic mass is 16.5. The molecule has 0 bridgehead atoms. The van der Waals surface area contributed by atoms with Crippen molar-refractivity contribution in [3.8, 4) is 0 Å². The summed E-state index contributed by atoms with van der Waals surface area (Å²) >= 11 is 0. The zero-order valence-electron chi connectivity index (χ0n) is 19.9. The van der Waals surface area contributed by atoms with Gasteiger partial charge >= 0.3 is 0 Å². The maximum atomic E-state index is 11.5. The Morgan fingerprint density at radius 3 is 2.76 bits per heavy atom. The molecule has 0 aliphatic carbocycles. The topological polar surface area (TPSA) is 81.9 Å². The van der Waals surface area contributed by atoms with Gasteiger partial charge in [0, 0.05) is 49.5 Å². The first kappa shape index (κ1) is 24.7. The van der Waals surface area contributed by atoms with Crippen LogP contribution in [-0.4, -0.2) is 46.1 Å². The lowest BCUT2D eigenvalue weighted by Gasteiger charge is -2.33. The van der Waals surface area contributed by atoms with Gasteiger partial charge in [0.2, 0.25) is 0 Å². The standard InChI is InChI=1S/C26H37N5O2/c1-4-6-13-31-19-23(24-9-7-8-10-25(24)31)17-27-16-21-11-14-30(15-12-21)20(3)28-18-22(5-2)26(32)29-33/h5,7-10,18-19,21,27,33H,2,4,6,11-17H2,1,3H3,(H,29,32)/b22-18+,28-20+. The number of carbonyl (C=O) groups is 1. The number of amidine groups is 1. The smallest absolute Gasteiger partial charge is 0.276 e. The summed E-state index contributed by atoms with van der Waals surface area (Å²) < 4.78 is 2.40. The number of piperidine rings is 1. The Morgan fingerprint density at radius 1 is 1.30 bits per heavy atom. The van der Waals surface area contributed by atoms with E-state index in [1.54, 1.807) is 5.48 Å². The maximum Gasteiger partial charge on any atom is 0.276 e. The fraction of sp³-hybridized carbons (Fsp3) is 0.462. The molecule has 3 N–H and O–H groups in total. The molecule has 0 atom stereocenters. The zero-order valence-corrected chi connectivity index (χ0v) is 19.9. The van der Waals surface area contributed by atoms with Gasteiger partial charge in [0.25, 0.3) is 5.91 Å². The summed E-state index contributed by atoms with van der Waals surface area (Å²) in [6, 6.07) is 8.69. The summed E-state index contributed by atoms with van der Waals surface area (Å²) in [4.78, 5) is 18.1. The Morgan fingerprint density at radius 2 is 2.06 bits per heavy atom. The van der Waals surface area contributed by atoms with Gasteiger partial charge in [0.1, 0.15) is 5.84 Å². The summed E-state index contributed by atoms with van der Waals surface area (Å²) in [7, 11) is 0. The number of benzene rings is 1. The number of hydrogen-bond donors (Lipinski definition) is 3. The van der Waals surface area contributed by atoms with Crippen molar-refractivity contribution in [1.29, 1.82) is 0 Å². The Hall–Kier alpha value is -2.90. The van der Waals surface area contributed by atoms with Gasteiger partial charge in [0.15, 0.2) is 0 Å². The lowest BCUT2D eigenvalue weighted by molar-refractivity contribution is -0.124. The monoisotopic (exact) mass is 451 g/mol. The van der Waals surface area contributed by atoms with Crippen molar-refractivity contribution < 1.29 is 10.0 Å². The molecule has 0 spiro atoms. The lowest BCUT2D eigenvalue weighted by Crippen LogP contribution is -2.39. The molecular formula is C26H37N5O2. The van der Waals surface area contributed by atoms with Gasteiger partial charge < -0.3 is 14.8 Å². The van der Waals surface area contributed by atoms with E-state index in [-0.39, 0.29) is 5.57 Å². The molecule has 7 nitrogen and oxygen atoms in total. The van der Waals surface area contributed by atoms with E-state index in [1.807, 2.05) is 6.92 Å². The molecule has 178 valence electrons. The van der Waals surface area contributed by atoms with Gasteiger partial charge in [-0.25, -0.2) is 10.5 Å². The predicted molar refractivity (Wildman–Crippen MR) is 134 cm³/mol. The van der Waals surface area contributed by atoms with E-state index in [0.29, 0.717) is 5.92 Å². The van der Waals surface area contributed by atoms with Crippen LogP contribution in [0.15, 0.2) is 59.9 Å². The highest BCUT2D eigenvalue weighted by Gasteiger charge is 2.20. The van der Waals surface area contributed by atoms with Gasteiger partial charge in [-0.1, -0.05) is 44.2 Å². The number of aliphatic imine (C=N–C) groups is 1. The summed E-state index contributed by atoms with van der Waals surface area (Å²) in [6.45, 7) is 12.6. The molecule has 1 aliphatic heterocycles. The number of aryl methyl sites for hydroxylation is 1. The number of amides is 1. The molecule has 1 aromatic carbocycles. The van der Waals surface area contributed by atoms with Crippen LogP contribution in [0.25, 0.3) is 10.9 Å². The van der Waals surface area contributed by atoms with Crippen molar-refractivity contribution in [3.05, 3.63) is 60.5 Å². The summed E-state index contributed by atoms with van der Waals surface area (Å²) in [5.41, 5.74) is 4.54. The number of hydroxylamine groups is 1. The molecule has 7 heteroatoms. The van der Waals surface area contributed by atoms with Gasteiger partial charge in [-0.3, -0.25) is 10.0 Å². The molecule has 0 radical (unpaired) electrons. The van der Waals surface area contributed by atoms with Crippen LogP contribution in [-0.2, 0) is 17.9 Å². The number of aromatic nitrogens is 1. The van der Waals surface area contributed by atoms with Crippen LogP contribution in [0.3, 0.4) is 0 Å². The quantitative estimate of drug-likeness (QED) is 0.126. The first-order valence-electron chi connectivity index (χ1n) is 11.9.